The van der Waals surface area contributed by atoms with Crippen LogP contribution in [0.2, 0.25) is 0 Å². The van der Waals surface area contributed by atoms with Crippen molar-refractivity contribution in [1.82, 2.24) is 5.32 Å². The molecule has 0 aliphatic carbocycles. The highest BCUT2D eigenvalue weighted by molar-refractivity contribution is 9.09. The van der Waals surface area contributed by atoms with Crippen molar-refractivity contribution >= 4 is 27.8 Å². The minimum atomic E-state index is -1.11. The number of alkyl halides is 1. The first kappa shape index (κ1) is 12.1. The number of rotatable bonds is 6. The number of hydrogen-bond acceptors (Lipinski definition) is 2. The molecular formula is C12H14BrNO3. The van der Waals surface area contributed by atoms with E-state index >= 15 is 0 Å². The third kappa shape index (κ3) is 4.99. The van der Waals surface area contributed by atoms with Gasteiger partial charge in [-0.05, 0) is 12.0 Å². The number of carbonyl (C=O) groups is 2. The summed E-state index contributed by atoms with van der Waals surface area (Å²) in [6.45, 7) is 0. The number of benzene rings is 1. The highest BCUT2D eigenvalue weighted by Gasteiger charge is 2.18. The van der Waals surface area contributed by atoms with Crippen molar-refractivity contribution in [1.29, 1.82) is 0 Å². The average molecular weight is 301 g/mol. The monoisotopic (exact) mass is 300 g/mol. The number of aliphatic carboxylic acids is 1. The van der Waals surface area contributed by atoms with Gasteiger partial charge in [-0.15, -0.1) is 0 Å². The standard InChI is InChI=1S/C12H14BrNO3/c13-7-6-10(12(16)17)14-11(15)8-9-4-2-1-3-5-9/h1-5,10H,6-8H2,(H,14,15)(H,16,17)/i8D. The van der Waals surface area contributed by atoms with E-state index in [0.717, 1.165) is 0 Å². The topological polar surface area (TPSA) is 66.4 Å². The Morgan fingerprint density at radius 2 is 2.06 bits per heavy atom. The van der Waals surface area contributed by atoms with Crippen LogP contribution in [0.1, 0.15) is 13.4 Å². The molecule has 17 heavy (non-hydrogen) atoms. The quantitative estimate of drug-likeness (QED) is 0.784. The van der Waals surface area contributed by atoms with E-state index < -0.39 is 24.3 Å². The number of hydrogen-bond donors (Lipinski definition) is 2. The Morgan fingerprint density at radius 1 is 1.41 bits per heavy atom. The second-order valence-corrected chi connectivity index (χ2v) is 4.23. The van der Waals surface area contributed by atoms with E-state index in [1.165, 1.54) is 0 Å². The van der Waals surface area contributed by atoms with Crippen molar-refractivity contribution in [3.05, 3.63) is 35.9 Å². The summed E-state index contributed by atoms with van der Waals surface area (Å²) in [4.78, 5) is 22.6. The summed E-state index contributed by atoms with van der Waals surface area (Å²) in [5.41, 5.74) is 0.540. The van der Waals surface area contributed by atoms with Crippen LogP contribution in [-0.4, -0.2) is 28.4 Å². The second kappa shape index (κ2) is 7.06. The normalized spacial score (nSPS) is 14.5. The fourth-order valence-electron chi connectivity index (χ4n) is 1.28. The Morgan fingerprint density at radius 3 is 2.59 bits per heavy atom. The van der Waals surface area contributed by atoms with Crippen LogP contribution < -0.4 is 5.32 Å². The number of halogens is 1. The molecule has 0 saturated heterocycles. The Hall–Kier alpha value is -1.36. The number of carbonyl (C=O) groups excluding carboxylic acids is 1. The van der Waals surface area contributed by atoms with E-state index in [0.29, 0.717) is 10.9 Å². The van der Waals surface area contributed by atoms with Gasteiger partial charge in [0.2, 0.25) is 5.91 Å². The summed E-state index contributed by atoms with van der Waals surface area (Å²) in [6.07, 6.45) is -0.828. The maximum atomic E-state index is 11.8. The van der Waals surface area contributed by atoms with Crippen LogP contribution in [-0.2, 0) is 16.0 Å². The number of nitrogens with one attached hydrogen (secondary N) is 1. The molecule has 2 unspecified atom stereocenters. The molecule has 5 heteroatoms. The van der Waals surface area contributed by atoms with E-state index in [2.05, 4.69) is 21.2 Å². The van der Waals surface area contributed by atoms with Gasteiger partial charge in [-0.25, -0.2) is 4.79 Å². The van der Waals surface area contributed by atoms with Crippen molar-refractivity contribution in [2.45, 2.75) is 18.9 Å². The van der Waals surface area contributed by atoms with E-state index in [9.17, 15) is 9.59 Å². The van der Waals surface area contributed by atoms with Gasteiger partial charge in [0, 0.05) is 6.70 Å². The lowest BCUT2D eigenvalue weighted by Crippen LogP contribution is -2.41. The van der Waals surface area contributed by atoms with Gasteiger partial charge in [0.15, 0.2) is 0 Å². The molecule has 1 amide bonds. The summed E-state index contributed by atoms with van der Waals surface area (Å²) in [7, 11) is 0. The Labute approximate surface area is 110 Å². The number of carboxylic acids is 1. The zero-order chi connectivity index (χ0) is 13.5. The van der Waals surface area contributed by atoms with Crippen LogP contribution in [0, 0.1) is 0 Å². The van der Waals surface area contributed by atoms with Crippen molar-refractivity contribution in [2.24, 2.45) is 0 Å². The van der Waals surface area contributed by atoms with E-state index in [4.69, 9.17) is 6.48 Å². The minimum absolute atomic E-state index is 0.280. The van der Waals surface area contributed by atoms with Gasteiger partial charge < -0.3 is 10.4 Å². The third-order valence-corrected chi connectivity index (χ3v) is 2.57. The highest BCUT2D eigenvalue weighted by atomic mass is 79.9. The van der Waals surface area contributed by atoms with Crippen LogP contribution >= 0.6 is 15.9 Å². The van der Waals surface area contributed by atoms with Crippen LogP contribution in [0.3, 0.4) is 0 Å². The van der Waals surface area contributed by atoms with Gasteiger partial charge in [0.25, 0.3) is 0 Å². The Balaban J connectivity index is 2.67. The van der Waals surface area contributed by atoms with E-state index in [1.807, 2.05) is 0 Å². The van der Waals surface area contributed by atoms with Crippen LogP contribution in [0.5, 0.6) is 0 Å². The minimum Gasteiger partial charge on any atom is -0.480 e. The van der Waals surface area contributed by atoms with Crippen molar-refractivity contribution in [2.75, 3.05) is 5.33 Å². The SMILES string of the molecule is [2H]C(C(=O)NC(CCBr)C(=O)O)c1ccccc1. The molecule has 0 aromatic heterocycles. The number of amides is 1. The first-order valence-electron chi connectivity index (χ1n) is 5.70. The van der Waals surface area contributed by atoms with Crippen LogP contribution in [0.15, 0.2) is 30.3 Å². The zero-order valence-corrected chi connectivity index (χ0v) is 10.7. The molecule has 2 atom stereocenters. The fraction of sp³-hybridized carbons (Fsp3) is 0.333. The van der Waals surface area contributed by atoms with Crippen molar-refractivity contribution in [3.63, 3.8) is 0 Å². The maximum Gasteiger partial charge on any atom is 0.326 e. The van der Waals surface area contributed by atoms with Gasteiger partial charge in [-0.3, -0.25) is 4.79 Å². The molecular weight excluding hydrogens is 286 g/mol. The fourth-order valence-corrected chi connectivity index (χ4v) is 1.74. The molecule has 0 bridgehead atoms. The van der Waals surface area contributed by atoms with Gasteiger partial charge in [-0.2, -0.15) is 0 Å². The lowest BCUT2D eigenvalue weighted by Gasteiger charge is -2.13. The van der Waals surface area contributed by atoms with Gasteiger partial charge in [-0.1, -0.05) is 46.3 Å². The van der Waals surface area contributed by atoms with Gasteiger partial charge in [0.1, 0.15) is 6.04 Å². The summed E-state index contributed by atoms with van der Waals surface area (Å²) >= 11 is 3.13. The van der Waals surface area contributed by atoms with Gasteiger partial charge >= 0.3 is 5.97 Å². The molecule has 2 N–H and O–H groups in total. The predicted molar refractivity (Wildman–Crippen MR) is 68.1 cm³/mol. The van der Waals surface area contributed by atoms with E-state index in [1.54, 1.807) is 30.3 Å². The molecule has 0 radical (unpaired) electrons. The molecule has 1 rings (SSSR count). The number of carboxylic acid groups (broad SMARTS) is 1. The Kier molecular flexibility index (Phi) is 5.03. The summed E-state index contributed by atoms with van der Waals surface area (Å²) in [6, 6.07) is 7.62. The predicted octanol–water partition coefficient (Wildman–Crippen LogP) is 1.58. The average Bonchev–Trinajstić information content (AvgIpc) is 2.38. The molecule has 92 valence electrons. The molecule has 1 aromatic rings. The zero-order valence-electron chi connectivity index (χ0n) is 10.1. The lowest BCUT2D eigenvalue weighted by molar-refractivity contribution is -0.141. The molecule has 0 heterocycles. The second-order valence-electron chi connectivity index (χ2n) is 3.43. The summed E-state index contributed by atoms with van der Waals surface area (Å²) in [5, 5.41) is 11.7. The molecule has 1 aromatic carbocycles. The summed E-state index contributed by atoms with van der Waals surface area (Å²) in [5.74, 6) is -1.70. The smallest absolute Gasteiger partial charge is 0.326 e. The maximum absolute atomic E-state index is 11.8. The molecule has 0 saturated carbocycles. The molecule has 0 aliphatic rings. The third-order valence-electron chi connectivity index (χ3n) is 2.11. The molecule has 4 nitrogen and oxygen atoms in total. The Bertz CT molecular complexity index is 413. The van der Waals surface area contributed by atoms with Crippen molar-refractivity contribution in [3.8, 4) is 0 Å². The van der Waals surface area contributed by atoms with Gasteiger partial charge in [0.05, 0.1) is 6.40 Å². The largest absolute Gasteiger partial charge is 0.480 e. The molecule has 0 fully saturated rings. The first-order chi connectivity index (χ1) is 8.56. The van der Waals surface area contributed by atoms with Crippen molar-refractivity contribution < 1.29 is 16.1 Å². The lowest BCUT2D eigenvalue weighted by atomic mass is 10.1. The highest BCUT2D eigenvalue weighted by Crippen LogP contribution is 2.01. The van der Waals surface area contributed by atoms with Crippen LogP contribution in [0.25, 0.3) is 0 Å². The first-order valence-corrected chi connectivity index (χ1v) is 6.24. The molecule has 0 aliphatic heterocycles. The van der Waals surface area contributed by atoms with E-state index in [-0.39, 0.29) is 6.42 Å². The summed E-state index contributed by atoms with van der Waals surface area (Å²) < 4.78 is 7.77. The molecule has 0 spiro atoms. The van der Waals surface area contributed by atoms with Crippen LogP contribution in [0.4, 0.5) is 0 Å².